The number of halogens is 2. The second-order valence-corrected chi connectivity index (χ2v) is 6.41. The van der Waals surface area contributed by atoms with Crippen molar-refractivity contribution in [3.63, 3.8) is 0 Å². The normalized spacial score (nSPS) is 10.6. The zero-order chi connectivity index (χ0) is 18.2. The molecule has 0 saturated heterocycles. The molecule has 6 heteroatoms. The summed E-state index contributed by atoms with van der Waals surface area (Å²) in [7, 11) is 1.33. The van der Waals surface area contributed by atoms with Crippen LogP contribution in [0.5, 0.6) is 5.75 Å². The van der Waals surface area contributed by atoms with Crippen LogP contribution in [0.3, 0.4) is 0 Å². The Bertz CT molecular complexity index is 737. The molecule has 0 amide bonds. The highest BCUT2D eigenvalue weighted by molar-refractivity contribution is 9.09. The largest absolute Gasteiger partial charge is 0.493 e. The van der Waals surface area contributed by atoms with E-state index in [-0.39, 0.29) is 5.82 Å². The summed E-state index contributed by atoms with van der Waals surface area (Å²) in [6.45, 7) is 2.29. The minimum atomic E-state index is -0.439. The molecule has 2 rings (SSSR count). The first-order valence-electron chi connectivity index (χ1n) is 8.11. The molecule has 4 nitrogen and oxygen atoms in total. The molecule has 0 aliphatic carbocycles. The molecule has 2 aromatic rings. The summed E-state index contributed by atoms with van der Waals surface area (Å²) >= 11 is 3.39. The molecule has 0 bridgehead atoms. The average molecular weight is 410 g/mol. The highest BCUT2D eigenvalue weighted by Crippen LogP contribution is 2.30. The van der Waals surface area contributed by atoms with Crippen molar-refractivity contribution in [1.29, 1.82) is 0 Å². The molecule has 0 spiro atoms. The number of hydrogen-bond acceptors (Lipinski definition) is 4. The lowest BCUT2D eigenvalue weighted by Gasteiger charge is -2.13. The smallest absolute Gasteiger partial charge is 0.337 e. The van der Waals surface area contributed by atoms with Crippen molar-refractivity contribution in [2.45, 2.75) is 26.2 Å². The van der Waals surface area contributed by atoms with Crippen molar-refractivity contribution in [3.8, 4) is 17.0 Å². The summed E-state index contributed by atoms with van der Waals surface area (Å²) in [5.41, 5.74) is 2.27. The van der Waals surface area contributed by atoms with Crippen LogP contribution in [0.25, 0.3) is 11.3 Å². The third-order valence-electron chi connectivity index (χ3n) is 3.63. The molecule has 0 saturated carbocycles. The lowest BCUT2D eigenvalue weighted by atomic mass is 10.1. The lowest BCUT2D eigenvalue weighted by molar-refractivity contribution is 0.0600. The summed E-state index contributed by atoms with van der Waals surface area (Å²) in [6.07, 6.45) is 2.99. The molecule has 0 N–H and O–H groups in total. The Balaban J connectivity index is 2.29. The number of carbonyl (C=O) groups is 1. The second kappa shape index (κ2) is 9.51. The number of esters is 1. The summed E-state index contributed by atoms with van der Waals surface area (Å²) in [5, 5.41) is 0.960. The fourth-order valence-corrected chi connectivity index (χ4v) is 2.82. The average Bonchev–Trinajstić information content (AvgIpc) is 2.60. The van der Waals surface area contributed by atoms with E-state index in [1.807, 2.05) is 0 Å². The minimum Gasteiger partial charge on any atom is -0.493 e. The SMILES string of the molecule is COC(=O)c1cc(C)nc(-c2ccc(F)cc2OCCCCCBr)c1. The quantitative estimate of drug-likeness (QED) is 0.352. The van der Waals surface area contributed by atoms with E-state index in [9.17, 15) is 9.18 Å². The van der Waals surface area contributed by atoms with Crippen LogP contribution in [-0.2, 0) is 4.74 Å². The van der Waals surface area contributed by atoms with Crippen LogP contribution in [0, 0.1) is 12.7 Å². The highest BCUT2D eigenvalue weighted by Gasteiger charge is 2.14. The van der Waals surface area contributed by atoms with Gasteiger partial charge in [-0.25, -0.2) is 9.18 Å². The van der Waals surface area contributed by atoms with Crippen LogP contribution in [-0.4, -0.2) is 30.0 Å². The maximum absolute atomic E-state index is 13.7. The molecule has 1 aromatic carbocycles. The number of ether oxygens (including phenoxy) is 2. The fourth-order valence-electron chi connectivity index (χ4n) is 2.42. The third-order valence-corrected chi connectivity index (χ3v) is 4.19. The van der Waals surface area contributed by atoms with Crippen LogP contribution in [0.1, 0.15) is 35.3 Å². The van der Waals surface area contributed by atoms with Gasteiger partial charge in [0, 0.05) is 22.7 Å². The first-order valence-corrected chi connectivity index (χ1v) is 9.23. The summed E-state index contributed by atoms with van der Waals surface area (Å²) in [4.78, 5) is 16.3. The number of benzene rings is 1. The lowest BCUT2D eigenvalue weighted by Crippen LogP contribution is -2.04. The Kier molecular flexibility index (Phi) is 7.37. The van der Waals surface area contributed by atoms with Crippen LogP contribution >= 0.6 is 15.9 Å². The zero-order valence-corrected chi connectivity index (χ0v) is 15.9. The Hall–Kier alpha value is -1.95. The molecule has 1 aromatic heterocycles. The maximum atomic E-state index is 13.7. The van der Waals surface area contributed by atoms with Gasteiger partial charge in [0.25, 0.3) is 0 Å². The number of methoxy groups -OCH3 is 1. The number of alkyl halides is 1. The number of carbonyl (C=O) groups excluding carboxylic acids is 1. The first kappa shape index (κ1) is 19.4. The summed E-state index contributed by atoms with van der Waals surface area (Å²) in [6, 6.07) is 7.60. The topological polar surface area (TPSA) is 48.4 Å². The van der Waals surface area contributed by atoms with Gasteiger partial charge in [0.1, 0.15) is 11.6 Å². The number of aromatic nitrogens is 1. The van der Waals surface area contributed by atoms with E-state index in [1.165, 1.54) is 19.2 Å². The zero-order valence-electron chi connectivity index (χ0n) is 14.4. The predicted molar refractivity (Wildman–Crippen MR) is 98.8 cm³/mol. The Labute approximate surface area is 155 Å². The number of pyridine rings is 1. The van der Waals surface area contributed by atoms with Gasteiger partial charge in [-0.15, -0.1) is 0 Å². The van der Waals surface area contributed by atoms with Gasteiger partial charge in [-0.1, -0.05) is 15.9 Å². The number of unbranched alkanes of at least 4 members (excludes halogenated alkanes) is 2. The van der Waals surface area contributed by atoms with Gasteiger partial charge in [0.05, 0.1) is 25.0 Å². The summed E-state index contributed by atoms with van der Waals surface area (Å²) in [5.74, 6) is -0.390. The third kappa shape index (κ3) is 5.53. The molecule has 134 valence electrons. The first-order chi connectivity index (χ1) is 12.0. The molecular formula is C19H21BrFNO3. The predicted octanol–water partition coefficient (Wildman–Crippen LogP) is 4.93. The summed E-state index contributed by atoms with van der Waals surface area (Å²) < 4.78 is 24.2. The van der Waals surface area contributed by atoms with Crippen molar-refractivity contribution in [1.82, 2.24) is 4.98 Å². The molecule has 0 radical (unpaired) electrons. The molecular weight excluding hydrogens is 389 g/mol. The van der Waals surface area contributed by atoms with Gasteiger partial charge in [-0.05, 0) is 50.5 Å². The molecule has 25 heavy (non-hydrogen) atoms. The molecule has 0 unspecified atom stereocenters. The fraction of sp³-hybridized carbons (Fsp3) is 0.368. The van der Waals surface area contributed by atoms with E-state index in [4.69, 9.17) is 9.47 Å². The van der Waals surface area contributed by atoms with Gasteiger partial charge in [-0.3, -0.25) is 4.98 Å². The van der Waals surface area contributed by atoms with Crippen LogP contribution in [0.2, 0.25) is 0 Å². The van der Waals surface area contributed by atoms with Crippen molar-refractivity contribution in [3.05, 3.63) is 47.4 Å². The highest BCUT2D eigenvalue weighted by atomic mass is 79.9. The number of rotatable bonds is 8. The molecule has 1 heterocycles. The Morgan fingerprint density at radius 3 is 2.72 bits per heavy atom. The molecule has 0 fully saturated rings. The maximum Gasteiger partial charge on any atom is 0.337 e. The molecule has 0 aliphatic heterocycles. The van der Waals surface area contributed by atoms with E-state index in [0.717, 1.165) is 24.6 Å². The van der Waals surface area contributed by atoms with E-state index in [1.54, 1.807) is 25.1 Å². The molecule has 0 atom stereocenters. The van der Waals surface area contributed by atoms with Crippen molar-refractivity contribution in [2.24, 2.45) is 0 Å². The van der Waals surface area contributed by atoms with E-state index in [2.05, 4.69) is 20.9 Å². The number of nitrogens with zero attached hydrogens (tertiary/aromatic N) is 1. The van der Waals surface area contributed by atoms with Gasteiger partial charge < -0.3 is 9.47 Å². The monoisotopic (exact) mass is 409 g/mol. The van der Waals surface area contributed by atoms with Crippen LogP contribution in [0.4, 0.5) is 4.39 Å². The van der Waals surface area contributed by atoms with Crippen molar-refractivity contribution >= 4 is 21.9 Å². The van der Waals surface area contributed by atoms with E-state index in [0.29, 0.717) is 34.9 Å². The van der Waals surface area contributed by atoms with E-state index < -0.39 is 5.97 Å². The number of hydrogen-bond donors (Lipinski definition) is 0. The Morgan fingerprint density at radius 2 is 2.00 bits per heavy atom. The van der Waals surface area contributed by atoms with Gasteiger partial charge in [0.15, 0.2) is 0 Å². The van der Waals surface area contributed by atoms with Crippen LogP contribution < -0.4 is 4.74 Å². The second-order valence-electron chi connectivity index (χ2n) is 5.61. The number of aryl methyl sites for hydroxylation is 1. The van der Waals surface area contributed by atoms with Gasteiger partial charge in [0.2, 0.25) is 0 Å². The van der Waals surface area contributed by atoms with Gasteiger partial charge >= 0.3 is 5.97 Å². The van der Waals surface area contributed by atoms with Gasteiger partial charge in [-0.2, -0.15) is 0 Å². The van der Waals surface area contributed by atoms with Crippen LogP contribution in [0.15, 0.2) is 30.3 Å². The standard InChI is InChI=1S/C19H21BrFNO3/c1-13-10-14(19(23)24-2)11-17(22-13)16-7-6-15(21)12-18(16)25-9-5-3-4-8-20/h6-7,10-12H,3-5,8-9H2,1-2H3. The minimum absolute atomic E-state index is 0.375. The van der Waals surface area contributed by atoms with E-state index >= 15 is 0 Å². The van der Waals surface area contributed by atoms with Crippen molar-refractivity contribution < 1.29 is 18.7 Å². The Morgan fingerprint density at radius 1 is 1.20 bits per heavy atom. The molecule has 0 aliphatic rings. The van der Waals surface area contributed by atoms with Crippen molar-refractivity contribution in [2.75, 3.05) is 19.0 Å².